The number of ether oxygens (including phenoxy) is 1. The lowest BCUT2D eigenvalue weighted by Crippen LogP contribution is -2.38. The summed E-state index contributed by atoms with van der Waals surface area (Å²) in [7, 11) is 3.64. The Morgan fingerprint density at radius 1 is 1.25 bits per heavy atom. The molecule has 1 atom stereocenters. The number of aromatic nitrogens is 2. The second-order valence-corrected chi connectivity index (χ2v) is 6.78. The van der Waals surface area contributed by atoms with Crippen LogP contribution in [-0.2, 0) is 13.5 Å². The number of nitrogens with zero attached hydrogens (tertiary/aromatic N) is 3. The molecule has 0 saturated carbocycles. The Kier molecular flexibility index (Phi) is 11.6. The van der Waals surface area contributed by atoms with Crippen molar-refractivity contribution < 1.29 is 4.74 Å². The van der Waals surface area contributed by atoms with Crippen molar-refractivity contribution in [1.82, 2.24) is 20.4 Å². The van der Waals surface area contributed by atoms with Crippen molar-refractivity contribution in [2.75, 3.05) is 26.7 Å². The zero-order valence-electron chi connectivity index (χ0n) is 17.4. The standard InChI is InChI=1S/C21H33N5O.HI/c1-5-22-21(23-13-6-7-18-15-25-26(3)16-18)24-14-12-17(2)19-8-10-20(27-4)11-9-19;/h8-11,15-17H,5-7,12-14H2,1-4H3,(H2,22,23,24);1H. The molecule has 2 rings (SSSR count). The first-order valence-electron chi connectivity index (χ1n) is 9.76. The van der Waals surface area contributed by atoms with Crippen LogP contribution in [0.3, 0.4) is 0 Å². The molecule has 2 N–H and O–H groups in total. The number of benzene rings is 1. The van der Waals surface area contributed by atoms with E-state index in [2.05, 4.69) is 52.9 Å². The van der Waals surface area contributed by atoms with Gasteiger partial charge in [-0.1, -0.05) is 19.1 Å². The number of halogens is 1. The van der Waals surface area contributed by atoms with Crippen molar-refractivity contribution in [2.45, 2.75) is 39.0 Å². The van der Waals surface area contributed by atoms with Crippen LogP contribution in [-0.4, -0.2) is 42.5 Å². The highest BCUT2D eigenvalue weighted by Crippen LogP contribution is 2.21. The zero-order valence-corrected chi connectivity index (χ0v) is 19.8. The van der Waals surface area contributed by atoms with E-state index in [4.69, 9.17) is 4.74 Å². The molecular weight excluding hydrogens is 465 g/mol. The highest BCUT2D eigenvalue weighted by Gasteiger charge is 2.06. The monoisotopic (exact) mass is 499 g/mol. The van der Waals surface area contributed by atoms with Crippen LogP contribution in [0.25, 0.3) is 0 Å². The number of methoxy groups -OCH3 is 1. The molecule has 1 aromatic carbocycles. The molecule has 1 unspecified atom stereocenters. The molecule has 156 valence electrons. The van der Waals surface area contributed by atoms with Crippen LogP contribution in [0.5, 0.6) is 5.75 Å². The first-order chi connectivity index (χ1) is 13.1. The maximum absolute atomic E-state index is 5.22. The number of rotatable bonds is 10. The van der Waals surface area contributed by atoms with E-state index in [0.717, 1.165) is 50.6 Å². The fourth-order valence-corrected chi connectivity index (χ4v) is 2.92. The fourth-order valence-electron chi connectivity index (χ4n) is 2.92. The van der Waals surface area contributed by atoms with Gasteiger partial charge in [-0.05, 0) is 55.4 Å². The Morgan fingerprint density at radius 2 is 2.00 bits per heavy atom. The summed E-state index contributed by atoms with van der Waals surface area (Å²) in [4.78, 5) is 4.68. The third-order valence-electron chi connectivity index (χ3n) is 4.55. The van der Waals surface area contributed by atoms with Crippen molar-refractivity contribution in [3.63, 3.8) is 0 Å². The van der Waals surface area contributed by atoms with Gasteiger partial charge in [0, 0.05) is 32.9 Å². The van der Waals surface area contributed by atoms with Gasteiger partial charge in [-0.15, -0.1) is 24.0 Å². The van der Waals surface area contributed by atoms with Gasteiger partial charge in [-0.2, -0.15) is 5.10 Å². The van der Waals surface area contributed by atoms with Crippen LogP contribution in [0.4, 0.5) is 0 Å². The predicted molar refractivity (Wildman–Crippen MR) is 127 cm³/mol. The minimum absolute atomic E-state index is 0. The lowest BCUT2D eigenvalue weighted by molar-refractivity contribution is 0.414. The maximum Gasteiger partial charge on any atom is 0.191 e. The smallest absolute Gasteiger partial charge is 0.191 e. The highest BCUT2D eigenvalue weighted by molar-refractivity contribution is 14.0. The Bertz CT molecular complexity index is 699. The molecule has 0 fully saturated rings. The highest BCUT2D eigenvalue weighted by atomic mass is 127. The molecule has 0 amide bonds. The molecule has 0 aliphatic carbocycles. The molecule has 1 aromatic heterocycles. The van der Waals surface area contributed by atoms with Gasteiger partial charge in [0.2, 0.25) is 0 Å². The van der Waals surface area contributed by atoms with Crippen LogP contribution in [0, 0.1) is 0 Å². The van der Waals surface area contributed by atoms with Crippen molar-refractivity contribution in [2.24, 2.45) is 12.0 Å². The van der Waals surface area contributed by atoms with Crippen LogP contribution in [0.15, 0.2) is 41.7 Å². The van der Waals surface area contributed by atoms with Crippen LogP contribution < -0.4 is 15.4 Å². The van der Waals surface area contributed by atoms with Gasteiger partial charge in [0.15, 0.2) is 5.96 Å². The van der Waals surface area contributed by atoms with Gasteiger partial charge >= 0.3 is 0 Å². The summed E-state index contributed by atoms with van der Waals surface area (Å²) >= 11 is 0. The average molecular weight is 499 g/mol. The topological polar surface area (TPSA) is 63.5 Å². The van der Waals surface area contributed by atoms with Gasteiger partial charge in [-0.3, -0.25) is 9.67 Å². The first kappa shape index (κ1) is 24.3. The third-order valence-corrected chi connectivity index (χ3v) is 4.55. The number of hydrogen-bond acceptors (Lipinski definition) is 3. The van der Waals surface area contributed by atoms with Crippen molar-refractivity contribution in [3.8, 4) is 5.75 Å². The molecule has 28 heavy (non-hydrogen) atoms. The van der Waals surface area contributed by atoms with Gasteiger partial charge in [0.25, 0.3) is 0 Å². The molecule has 0 bridgehead atoms. The van der Waals surface area contributed by atoms with Crippen LogP contribution in [0.2, 0.25) is 0 Å². The minimum Gasteiger partial charge on any atom is -0.497 e. The normalized spacial score (nSPS) is 12.2. The quantitative estimate of drug-likeness (QED) is 0.226. The number of hydrogen-bond donors (Lipinski definition) is 2. The summed E-state index contributed by atoms with van der Waals surface area (Å²) in [5.41, 5.74) is 2.59. The predicted octanol–water partition coefficient (Wildman–Crippen LogP) is 3.73. The molecule has 0 spiro atoms. The van der Waals surface area contributed by atoms with E-state index >= 15 is 0 Å². The molecule has 0 saturated heterocycles. The van der Waals surface area contributed by atoms with Gasteiger partial charge in [0.05, 0.1) is 13.3 Å². The Balaban J connectivity index is 0.00000392. The number of nitrogens with one attached hydrogen (secondary N) is 2. The lowest BCUT2D eigenvalue weighted by atomic mass is 9.98. The van der Waals surface area contributed by atoms with E-state index in [1.165, 1.54) is 11.1 Å². The minimum atomic E-state index is 0. The summed E-state index contributed by atoms with van der Waals surface area (Å²) in [6.45, 7) is 6.90. The van der Waals surface area contributed by atoms with Gasteiger partial charge in [-0.25, -0.2) is 0 Å². The summed E-state index contributed by atoms with van der Waals surface area (Å²) < 4.78 is 7.07. The second kappa shape index (κ2) is 13.4. The Morgan fingerprint density at radius 3 is 2.61 bits per heavy atom. The van der Waals surface area contributed by atoms with E-state index in [1.807, 2.05) is 30.1 Å². The Hall–Kier alpha value is -1.77. The molecule has 7 heteroatoms. The van der Waals surface area contributed by atoms with E-state index in [9.17, 15) is 0 Å². The molecule has 0 radical (unpaired) electrons. The van der Waals surface area contributed by atoms with Crippen LogP contribution >= 0.6 is 24.0 Å². The van der Waals surface area contributed by atoms with Crippen LogP contribution in [0.1, 0.15) is 43.7 Å². The maximum atomic E-state index is 5.22. The summed E-state index contributed by atoms with van der Waals surface area (Å²) in [5, 5.41) is 11.0. The second-order valence-electron chi connectivity index (χ2n) is 6.78. The molecule has 0 aliphatic rings. The first-order valence-corrected chi connectivity index (χ1v) is 9.76. The molecule has 2 aromatic rings. The van der Waals surface area contributed by atoms with E-state index in [1.54, 1.807) is 7.11 Å². The van der Waals surface area contributed by atoms with Crippen molar-refractivity contribution >= 4 is 29.9 Å². The average Bonchev–Trinajstić information content (AvgIpc) is 3.10. The Labute approximate surface area is 186 Å². The summed E-state index contributed by atoms with van der Waals surface area (Å²) in [6.07, 6.45) is 7.06. The fraction of sp³-hybridized carbons (Fsp3) is 0.524. The molecule has 6 nitrogen and oxygen atoms in total. The van der Waals surface area contributed by atoms with Crippen molar-refractivity contribution in [3.05, 3.63) is 47.8 Å². The number of guanidine groups is 1. The van der Waals surface area contributed by atoms with Gasteiger partial charge in [0.1, 0.15) is 5.75 Å². The summed E-state index contributed by atoms with van der Waals surface area (Å²) in [6, 6.07) is 8.32. The lowest BCUT2D eigenvalue weighted by Gasteiger charge is -2.15. The number of aliphatic imine (C=N–C) groups is 1. The van der Waals surface area contributed by atoms with Crippen molar-refractivity contribution in [1.29, 1.82) is 0 Å². The van der Waals surface area contributed by atoms with E-state index < -0.39 is 0 Å². The summed E-state index contributed by atoms with van der Waals surface area (Å²) in [5.74, 6) is 2.28. The van der Waals surface area contributed by atoms with E-state index in [0.29, 0.717) is 5.92 Å². The SMILES string of the molecule is CCNC(=NCCCc1cnn(C)c1)NCCC(C)c1ccc(OC)cc1.I. The molecule has 1 heterocycles. The van der Waals surface area contributed by atoms with Gasteiger partial charge < -0.3 is 15.4 Å². The zero-order chi connectivity index (χ0) is 19.5. The largest absolute Gasteiger partial charge is 0.497 e. The molecule has 0 aliphatic heterocycles. The third kappa shape index (κ3) is 8.50. The van der Waals surface area contributed by atoms with E-state index in [-0.39, 0.29) is 24.0 Å². The number of aryl methyl sites for hydroxylation is 2. The molecular formula is C21H34IN5O.